The predicted molar refractivity (Wildman–Crippen MR) is 86.8 cm³/mol. The highest BCUT2D eigenvalue weighted by Gasteiger charge is 2.27. The van der Waals surface area contributed by atoms with E-state index in [1.165, 1.54) is 0 Å². The van der Waals surface area contributed by atoms with Gasteiger partial charge in [-0.1, -0.05) is 36.5 Å². The summed E-state index contributed by atoms with van der Waals surface area (Å²) in [6.45, 7) is 0.223. The summed E-state index contributed by atoms with van der Waals surface area (Å²) < 4.78 is 36.2. The van der Waals surface area contributed by atoms with Crippen LogP contribution in [0.2, 0.25) is 0 Å². The average Bonchev–Trinajstić information content (AvgIpc) is 2.42. The molecule has 2 aromatic rings. The smallest absolute Gasteiger partial charge is 0.389 e. The maximum atomic E-state index is 12.1. The van der Waals surface area contributed by atoms with E-state index in [0.29, 0.717) is 4.99 Å². The molecule has 2 aromatic carbocycles. The third-order valence-corrected chi connectivity index (χ3v) is 3.83. The van der Waals surface area contributed by atoms with Gasteiger partial charge in [0.2, 0.25) is 0 Å². The van der Waals surface area contributed by atoms with Crippen LogP contribution in [-0.4, -0.2) is 22.8 Å². The van der Waals surface area contributed by atoms with Gasteiger partial charge in [-0.3, -0.25) is 0 Å². The Hall–Kier alpha value is -1.47. The van der Waals surface area contributed by atoms with Gasteiger partial charge in [-0.25, -0.2) is 0 Å². The zero-order valence-electron chi connectivity index (χ0n) is 10.9. The molecule has 0 unspecified atom stereocenters. The molecular weight excluding hydrogens is 317 g/mol. The van der Waals surface area contributed by atoms with E-state index in [4.69, 9.17) is 18.0 Å². The number of benzene rings is 2. The Morgan fingerprint density at radius 3 is 2.43 bits per heavy atom. The summed E-state index contributed by atoms with van der Waals surface area (Å²) in [6.07, 6.45) is 0. The van der Waals surface area contributed by atoms with Gasteiger partial charge in [0.15, 0.2) is 0 Å². The highest BCUT2D eigenvalue weighted by Crippen LogP contribution is 2.30. The number of fused-ring (bicyclic) bond motifs is 1. The van der Waals surface area contributed by atoms with Crippen LogP contribution in [0, 0.1) is 0 Å². The fourth-order valence-corrected chi connectivity index (χ4v) is 2.63. The third kappa shape index (κ3) is 4.25. The quantitative estimate of drug-likeness (QED) is 0.638. The van der Waals surface area contributed by atoms with Gasteiger partial charge >= 0.3 is 5.51 Å². The van der Waals surface area contributed by atoms with Crippen LogP contribution in [-0.2, 0) is 0 Å². The van der Waals surface area contributed by atoms with E-state index in [1.807, 2.05) is 24.3 Å². The first-order valence-corrected chi connectivity index (χ1v) is 7.54. The Morgan fingerprint density at radius 1 is 1.14 bits per heavy atom. The minimum absolute atomic E-state index is 0.0370. The first kappa shape index (κ1) is 15.9. The van der Waals surface area contributed by atoms with Crippen molar-refractivity contribution in [2.45, 2.75) is 5.51 Å². The lowest BCUT2D eigenvalue weighted by molar-refractivity contribution is -0.0327. The van der Waals surface area contributed by atoms with E-state index in [-0.39, 0.29) is 24.1 Å². The summed E-state index contributed by atoms with van der Waals surface area (Å²) in [6, 6.07) is 11.1. The Kier molecular flexibility index (Phi) is 4.95. The Balaban J connectivity index is 2.18. The summed E-state index contributed by atoms with van der Waals surface area (Å²) in [5.74, 6) is -0.0467. The van der Waals surface area contributed by atoms with E-state index in [0.717, 1.165) is 22.0 Å². The van der Waals surface area contributed by atoms with Crippen LogP contribution in [0.1, 0.15) is 5.56 Å². The largest absolute Gasteiger partial charge is 0.441 e. The minimum Gasteiger partial charge on any atom is -0.389 e. The van der Waals surface area contributed by atoms with Gasteiger partial charge in [-0.05, 0) is 29.3 Å². The molecule has 0 amide bonds. The van der Waals surface area contributed by atoms with Crippen LogP contribution in [0.25, 0.3) is 10.8 Å². The van der Waals surface area contributed by atoms with E-state index >= 15 is 0 Å². The number of anilines is 1. The van der Waals surface area contributed by atoms with Crippen molar-refractivity contribution in [3.63, 3.8) is 0 Å². The summed E-state index contributed by atoms with van der Waals surface area (Å²) in [5, 5.41) is 4.80. The maximum Gasteiger partial charge on any atom is 0.441 e. The van der Waals surface area contributed by atoms with Crippen molar-refractivity contribution in [1.82, 2.24) is 0 Å². The van der Waals surface area contributed by atoms with Gasteiger partial charge in [0.05, 0.1) is 0 Å². The monoisotopic (exact) mass is 330 g/mol. The van der Waals surface area contributed by atoms with Crippen molar-refractivity contribution in [1.29, 1.82) is 0 Å². The molecule has 2 rings (SSSR count). The molecule has 0 saturated carbocycles. The number of alkyl halides is 3. The maximum absolute atomic E-state index is 12.1. The van der Waals surface area contributed by atoms with Crippen molar-refractivity contribution >= 4 is 45.4 Å². The van der Waals surface area contributed by atoms with Crippen LogP contribution in [0.15, 0.2) is 36.4 Å². The number of thioether (sulfide) groups is 1. The van der Waals surface area contributed by atoms with Crippen molar-refractivity contribution in [2.75, 3.05) is 17.6 Å². The third-order valence-electron chi connectivity index (χ3n) is 2.87. The molecule has 0 bridgehead atoms. The van der Waals surface area contributed by atoms with Crippen molar-refractivity contribution in [2.24, 2.45) is 5.73 Å². The van der Waals surface area contributed by atoms with Gasteiger partial charge in [-0.2, -0.15) is 13.2 Å². The first-order valence-electron chi connectivity index (χ1n) is 6.14. The second-order valence-corrected chi connectivity index (χ2v) is 5.89. The van der Waals surface area contributed by atoms with Gasteiger partial charge in [-0.15, -0.1) is 0 Å². The number of nitrogens with two attached hydrogens (primary N) is 1. The Bertz CT molecular complexity index is 656. The molecule has 0 aliphatic carbocycles. The molecule has 0 aromatic heterocycles. The van der Waals surface area contributed by atoms with Gasteiger partial charge in [0.1, 0.15) is 4.99 Å². The van der Waals surface area contributed by atoms with Crippen LogP contribution in [0.4, 0.5) is 18.9 Å². The van der Waals surface area contributed by atoms with Crippen LogP contribution >= 0.6 is 24.0 Å². The highest BCUT2D eigenvalue weighted by atomic mass is 32.2. The van der Waals surface area contributed by atoms with Gasteiger partial charge < -0.3 is 11.1 Å². The number of thiocarbonyl (C=S) groups is 1. The van der Waals surface area contributed by atoms with Crippen molar-refractivity contribution in [3.8, 4) is 0 Å². The molecule has 0 saturated heterocycles. The molecule has 112 valence electrons. The van der Waals surface area contributed by atoms with E-state index in [9.17, 15) is 13.2 Å². The normalized spacial score (nSPS) is 11.6. The Labute approximate surface area is 129 Å². The standard InChI is InChI=1S/C14H13F3N2S2/c15-14(16,17)21-8-7-19-12-6-5-11(13(18)20)9-3-1-2-4-10(9)12/h1-6,19H,7-8H2,(H2,18,20). The predicted octanol–water partition coefficient (Wildman–Crippen LogP) is 4.14. The molecule has 0 atom stereocenters. The fraction of sp³-hybridized carbons (Fsp3) is 0.214. The lowest BCUT2D eigenvalue weighted by Gasteiger charge is -2.13. The molecule has 2 nitrogen and oxygen atoms in total. The molecule has 0 spiro atoms. The van der Waals surface area contributed by atoms with Gasteiger partial charge in [0, 0.05) is 28.9 Å². The number of nitrogens with one attached hydrogen (secondary N) is 1. The summed E-state index contributed by atoms with van der Waals surface area (Å²) in [7, 11) is 0. The summed E-state index contributed by atoms with van der Waals surface area (Å²) in [4.78, 5) is 0.297. The summed E-state index contributed by atoms with van der Waals surface area (Å²) >= 11 is 4.97. The molecule has 0 aliphatic heterocycles. The van der Waals surface area contributed by atoms with E-state index in [1.54, 1.807) is 12.1 Å². The van der Waals surface area contributed by atoms with Crippen LogP contribution in [0.5, 0.6) is 0 Å². The second kappa shape index (κ2) is 6.53. The number of hydrogen-bond acceptors (Lipinski definition) is 3. The highest BCUT2D eigenvalue weighted by molar-refractivity contribution is 8.00. The topological polar surface area (TPSA) is 38.0 Å². The SMILES string of the molecule is NC(=S)c1ccc(NCCSC(F)(F)F)c2ccccc12. The van der Waals surface area contributed by atoms with Crippen molar-refractivity contribution < 1.29 is 13.2 Å². The zero-order chi connectivity index (χ0) is 15.5. The molecule has 0 heterocycles. The molecule has 0 aliphatic rings. The second-order valence-electron chi connectivity index (χ2n) is 4.29. The van der Waals surface area contributed by atoms with Crippen LogP contribution < -0.4 is 11.1 Å². The molecular formula is C14H13F3N2S2. The minimum atomic E-state index is -4.20. The number of halogens is 3. The average molecular weight is 330 g/mol. The lowest BCUT2D eigenvalue weighted by atomic mass is 10.0. The number of hydrogen-bond donors (Lipinski definition) is 2. The molecule has 0 fully saturated rings. The molecule has 21 heavy (non-hydrogen) atoms. The van der Waals surface area contributed by atoms with Crippen LogP contribution in [0.3, 0.4) is 0 Å². The fourth-order valence-electron chi connectivity index (χ4n) is 2.02. The number of rotatable bonds is 5. The Morgan fingerprint density at radius 2 is 1.81 bits per heavy atom. The van der Waals surface area contributed by atoms with E-state index < -0.39 is 5.51 Å². The molecule has 7 heteroatoms. The zero-order valence-corrected chi connectivity index (χ0v) is 12.5. The molecule has 0 radical (unpaired) electrons. The van der Waals surface area contributed by atoms with E-state index in [2.05, 4.69) is 5.32 Å². The summed E-state index contributed by atoms with van der Waals surface area (Å²) in [5.41, 5.74) is 3.02. The first-order chi connectivity index (χ1) is 9.88. The molecule has 3 N–H and O–H groups in total. The van der Waals surface area contributed by atoms with Gasteiger partial charge in [0.25, 0.3) is 0 Å². The lowest BCUT2D eigenvalue weighted by Crippen LogP contribution is -2.12. The van der Waals surface area contributed by atoms with Crippen molar-refractivity contribution in [3.05, 3.63) is 42.0 Å².